The van der Waals surface area contributed by atoms with E-state index in [-0.39, 0.29) is 24.0 Å². The minimum absolute atomic E-state index is 0.135. The summed E-state index contributed by atoms with van der Waals surface area (Å²) in [6.45, 7) is 0.314. The highest BCUT2D eigenvalue weighted by Crippen LogP contribution is 2.39. The normalized spacial score (nSPS) is 19.4. The lowest BCUT2D eigenvalue weighted by Gasteiger charge is -2.21. The van der Waals surface area contributed by atoms with Crippen molar-refractivity contribution in [1.82, 2.24) is 0 Å². The Morgan fingerprint density at radius 3 is 2.80 bits per heavy atom. The lowest BCUT2D eigenvalue weighted by atomic mass is 10.1. The molecule has 1 heterocycles. The Labute approximate surface area is 126 Å². The van der Waals surface area contributed by atoms with Gasteiger partial charge in [0, 0.05) is 23.4 Å². The van der Waals surface area contributed by atoms with E-state index in [0.717, 1.165) is 4.47 Å². The number of nitrogens with zero attached hydrogens (tertiary/aromatic N) is 1. The Kier molecular flexibility index (Phi) is 4.36. The number of benzene rings is 1. The van der Waals surface area contributed by atoms with Crippen LogP contribution in [0, 0.1) is 5.92 Å². The third-order valence-electron chi connectivity index (χ3n) is 3.11. The van der Waals surface area contributed by atoms with Crippen LogP contribution in [-0.2, 0) is 14.8 Å². The van der Waals surface area contributed by atoms with Crippen molar-refractivity contribution in [2.75, 3.05) is 24.3 Å². The topological polar surface area (TPSA) is 89.7 Å². The zero-order valence-electron chi connectivity index (χ0n) is 10.9. The van der Waals surface area contributed by atoms with E-state index in [4.69, 9.17) is 9.88 Å². The molecule has 6 nitrogen and oxygen atoms in total. The maximum absolute atomic E-state index is 12.1. The zero-order valence-corrected chi connectivity index (χ0v) is 13.3. The highest BCUT2D eigenvalue weighted by molar-refractivity contribution is 9.10. The SMILES string of the molecule is COc1cccc(Br)c1N1CC(CS(N)(=O)=O)CC1=O. The van der Waals surface area contributed by atoms with Crippen LogP contribution in [0.15, 0.2) is 22.7 Å². The fourth-order valence-corrected chi connectivity index (χ4v) is 3.80. The molecule has 0 saturated carbocycles. The number of anilines is 1. The first-order valence-corrected chi connectivity index (χ1v) is 8.46. The fraction of sp³-hybridized carbons (Fsp3) is 0.417. The van der Waals surface area contributed by atoms with Crippen molar-refractivity contribution < 1.29 is 17.9 Å². The van der Waals surface area contributed by atoms with Crippen molar-refractivity contribution in [3.05, 3.63) is 22.7 Å². The molecule has 1 fully saturated rings. The fourth-order valence-electron chi connectivity index (χ4n) is 2.36. The molecule has 20 heavy (non-hydrogen) atoms. The first kappa shape index (κ1) is 15.3. The maximum atomic E-state index is 12.1. The van der Waals surface area contributed by atoms with E-state index in [1.807, 2.05) is 0 Å². The summed E-state index contributed by atoms with van der Waals surface area (Å²) in [6.07, 6.45) is 0.168. The molecule has 110 valence electrons. The Balaban J connectivity index is 2.29. The molecule has 1 aromatic carbocycles. The van der Waals surface area contributed by atoms with Crippen LogP contribution in [0.2, 0.25) is 0 Å². The summed E-state index contributed by atoms with van der Waals surface area (Å²) in [6, 6.07) is 5.35. The number of primary sulfonamides is 1. The van der Waals surface area contributed by atoms with E-state index in [9.17, 15) is 13.2 Å². The molecule has 0 spiro atoms. The van der Waals surface area contributed by atoms with E-state index in [1.54, 1.807) is 23.1 Å². The summed E-state index contributed by atoms with van der Waals surface area (Å²) in [5.41, 5.74) is 0.622. The molecule has 0 aliphatic carbocycles. The van der Waals surface area contributed by atoms with Gasteiger partial charge in [-0.3, -0.25) is 4.79 Å². The molecule has 0 radical (unpaired) electrons. The predicted octanol–water partition coefficient (Wildman–Crippen LogP) is 1.10. The Morgan fingerprint density at radius 2 is 2.20 bits per heavy atom. The van der Waals surface area contributed by atoms with Gasteiger partial charge in [-0.1, -0.05) is 6.07 Å². The lowest BCUT2D eigenvalue weighted by molar-refractivity contribution is -0.117. The molecule has 1 unspecified atom stereocenters. The molecule has 2 rings (SSSR count). The second kappa shape index (κ2) is 5.71. The number of para-hydroxylation sites is 1. The molecule has 1 aromatic rings. The Hall–Kier alpha value is -1.12. The average Bonchev–Trinajstić information content (AvgIpc) is 2.67. The van der Waals surface area contributed by atoms with Crippen molar-refractivity contribution in [1.29, 1.82) is 0 Å². The first-order valence-electron chi connectivity index (χ1n) is 5.95. The molecule has 2 N–H and O–H groups in total. The molecule has 1 atom stereocenters. The molecular weight excluding hydrogens is 348 g/mol. The van der Waals surface area contributed by atoms with Crippen molar-refractivity contribution in [2.24, 2.45) is 11.1 Å². The molecule has 0 bridgehead atoms. The van der Waals surface area contributed by atoms with Gasteiger partial charge in [-0.05, 0) is 28.1 Å². The van der Waals surface area contributed by atoms with Crippen LogP contribution in [0.5, 0.6) is 5.75 Å². The number of amides is 1. The van der Waals surface area contributed by atoms with Gasteiger partial charge in [-0.25, -0.2) is 13.6 Å². The largest absolute Gasteiger partial charge is 0.495 e. The lowest BCUT2D eigenvalue weighted by Crippen LogP contribution is -2.28. The number of rotatable bonds is 4. The summed E-state index contributed by atoms with van der Waals surface area (Å²) < 4.78 is 28.3. The van der Waals surface area contributed by atoms with Crippen LogP contribution in [0.4, 0.5) is 5.69 Å². The molecule has 8 heteroatoms. The van der Waals surface area contributed by atoms with Crippen LogP contribution in [-0.4, -0.2) is 33.7 Å². The highest BCUT2D eigenvalue weighted by Gasteiger charge is 2.35. The minimum atomic E-state index is -3.58. The summed E-state index contributed by atoms with van der Waals surface area (Å²) in [5, 5.41) is 5.04. The number of methoxy groups -OCH3 is 1. The van der Waals surface area contributed by atoms with Crippen LogP contribution in [0.1, 0.15) is 6.42 Å². The standard InChI is InChI=1S/C12H15BrN2O4S/c1-19-10-4-2-3-9(13)12(10)15-6-8(5-11(15)16)7-20(14,17)18/h2-4,8H,5-7H2,1H3,(H2,14,17,18). The van der Waals surface area contributed by atoms with Crippen LogP contribution < -0.4 is 14.8 Å². The summed E-state index contributed by atoms with van der Waals surface area (Å²) in [5.74, 6) is -0.0655. The smallest absolute Gasteiger partial charge is 0.227 e. The molecule has 1 aliphatic heterocycles. The number of carbonyl (C=O) groups is 1. The second-order valence-electron chi connectivity index (χ2n) is 4.69. The predicted molar refractivity (Wildman–Crippen MR) is 79.1 cm³/mol. The summed E-state index contributed by atoms with van der Waals surface area (Å²) >= 11 is 3.39. The molecule has 0 aromatic heterocycles. The van der Waals surface area contributed by atoms with E-state index in [0.29, 0.717) is 18.0 Å². The number of carbonyl (C=O) groups excluding carboxylic acids is 1. The second-order valence-corrected chi connectivity index (χ2v) is 7.21. The van der Waals surface area contributed by atoms with Gasteiger partial charge in [-0.2, -0.15) is 0 Å². The number of hydrogen-bond donors (Lipinski definition) is 1. The molecule has 1 aliphatic rings. The minimum Gasteiger partial charge on any atom is -0.495 e. The van der Waals surface area contributed by atoms with Crippen LogP contribution in [0.25, 0.3) is 0 Å². The van der Waals surface area contributed by atoms with Crippen molar-refractivity contribution in [3.8, 4) is 5.75 Å². The molecular formula is C12H15BrN2O4S. The zero-order chi connectivity index (χ0) is 14.9. The highest BCUT2D eigenvalue weighted by atomic mass is 79.9. The molecule has 1 saturated heterocycles. The monoisotopic (exact) mass is 362 g/mol. The first-order chi connectivity index (χ1) is 9.31. The van der Waals surface area contributed by atoms with Gasteiger partial charge < -0.3 is 9.64 Å². The van der Waals surface area contributed by atoms with Crippen molar-refractivity contribution >= 4 is 37.5 Å². The summed E-state index contributed by atoms with van der Waals surface area (Å²) in [7, 11) is -2.06. The van der Waals surface area contributed by atoms with Gasteiger partial charge in [0.15, 0.2) is 0 Å². The average molecular weight is 363 g/mol. The molecule has 1 amide bonds. The third kappa shape index (κ3) is 3.31. The Bertz CT molecular complexity index is 632. The van der Waals surface area contributed by atoms with E-state index < -0.39 is 10.0 Å². The van der Waals surface area contributed by atoms with E-state index >= 15 is 0 Å². The van der Waals surface area contributed by atoms with Gasteiger partial charge in [0.05, 0.1) is 12.9 Å². The summed E-state index contributed by atoms with van der Waals surface area (Å²) in [4.78, 5) is 13.6. The quantitative estimate of drug-likeness (QED) is 0.868. The number of sulfonamides is 1. The van der Waals surface area contributed by atoms with Gasteiger partial charge in [0.2, 0.25) is 15.9 Å². The van der Waals surface area contributed by atoms with Crippen molar-refractivity contribution in [2.45, 2.75) is 6.42 Å². The maximum Gasteiger partial charge on any atom is 0.227 e. The van der Waals surface area contributed by atoms with Gasteiger partial charge in [0.25, 0.3) is 0 Å². The number of hydrogen-bond acceptors (Lipinski definition) is 4. The van der Waals surface area contributed by atoms with E-state index in [1.165, 1.54) is 7.11 Å². The Morgan fingerprint density at radius 1 is 1.50 bits per heavy atom. The third-order valence-corrected chi connectivity index (χ3v) is 4.69. The van der Waals surface area contributed by atoms with Crippen LogP contribution >= 0.6 is 15.9 Å². The van der Waals surface area contributed by atoms with Gasteiger partial charge in [-0.15, -0.1) is 0 Å². The van der Waals surface area contributed by atoms with E-state index in [2.05, 4.69) is 15.9 Å². The van der Waals surface area contributed by atoms with Gasteiger partial charge >= 0.3 is 0 Å². The van der Waals surface area contributed by atoms with Crippen molar-refractivity contribution in [3.63, 3.8) is 0 Å². The van der Waals surface area contributed by atoms with Crippen LogP contribution in [0.3, 0.4) is 0 Å². The number of ether oxygens (including phenoxy) is 1. The van der Waals surface area contributed by atoms with Gasteiger partial charge in [0.1, 0.15) is 11.4 Å². The number of halogens is 1. The number of nitrogens with two attached hydrogens (primary N) is 1.